The molecule has 0 aliphatic rings. The summed E-state index contributed by atoms with van der Waals surface area (Å²) in [5.74, 6) is -0.673. The highest BCUT2D eigenvalue weighted by Crippen LogP contribution is 2.32. The van der Waals surface area contributed by atoms with Crippen LogP contribution < -0.4 is 9.46 Å². The zero-order chi connectivity index (χ0) is 17.9. The van der Waals surface area contributed by atoms with Crippen molar-refractivity contribution in [3.63, 3.8) is 0 Å². The highest BCUT2D eigenvalue weighted by Gasteiger charge is 2.20. The Hall–Kier alpha value is -2.38. The van der Waals surface area contributed by atoms with E-state index in [0.717, 1.165) is 6.07 Å². The molecule has 0 spiro atoms. The van der Waals surface area contributed by atoms with Crippen LogP contribution in [0.5, 0.6) is 5.75 Å². The van der Waals surface area contributed by atoms with Gasteiger partial charge in [0.25, 0.3) is 0 Å². The lowest BCUT2D eigenvalue weighted by Crippen LogP contribution is -2.30. The highest BCUT2D eigenvalue weighted by molar-refractivity contribution is 7.89. The molecule has 0 aliphatic heterocycles. The summed E-state index contributed by atoms with van der Waals surface area (Å²) < 4.78 is 32.6. The van der Waals surface area contributed by atoms with Gasteiger partial charge >= 0.3 is 5.97 Å². The summed E-state index contributed by atoms with van der Waals surface area (Å²) in [6.07, 6.45) is 0. The first kappa shape index (κ1) is 18.0. The van der Waals surface area contributed by atoms with E-state index >= 15 is 0 Å². The number of nitrogens with one attached hydrogen (secondary N) is 1. The summed E-state index contributed by atoms with van der Waals surface area (Å²) in [6, 6.07) is 10.7. The molecular formula is C17H19NO5S. The molecule has 0 amide bonds. The van der Waals surface area contributed by atoms with Crippen molar-refractivity contribution in [3.8, 4) is 16.9 Å². The predicted octanol–water partition coefficient (Wildman–Crippen LogP) is 2.75. The van der Waals surface area contributed by atoms with Crippen LogP contribution >= 0.6 is 0 Å². The van der Waals surface area contributed by atoms with E-state index in [1.807, 2.05) is 0 Å². The predicted molar refractivity (Wildman–Crippen MR) is 90.8 cm³/mol. The Bertz CT molecular complexity index is 859. The average molecular weight is 349 g/mol. The normalized spacial score (nSPS) is 11.5. The van der Waals surface area contributed by atoms with Gasteiger partial charge < -0.3 is 9.84 Å². The van der Waals surface area contributed by atoms with Gasteiger partial charge in [0, 0.05) is 11.6 Å². The van der Waals surface area contributed by atoms with Gasteiger partial charge in [-0.2, -0.15) is 0 Å². The van der Waals surface area contributed by atoms with Gasteiger partial charge in [0.15, 0.2) is 0 Å². The molecule has 0 saturated heterocycles. The monoisotopic (exact) mass is 349 g/mol. The number of carboxylic acid groups (broad SMARTS) is 1. The highest BCUT2D eigenvalue weighted by atomic mass is 32.2. The third kappa shape index (κ3) is 3.93. The number of rotatable bonds is 6. The first-order valence-electron chi connectivity index (χ1n) is 7.28. The Morgan fingerprint density at radius 3 is 2.42 bits per heavy atom. The molecule has 128 valence electrons. The third-order valence-corrected chi connectivity index (χ3v) is 4.91. The zero-order valence-corrected chi connectivity index (χ0v) is 14.4. The van der Waals surface area contributed by atoms with Crippen LogP contribution in [0.25, 0.3) is 11.1 Å². The quantitative estimate of drug-likeness (QED) is 0.836. The van der Waals surface area contributed by atoms with Gasteiger partial charge in [-0.3, -0.25) is 0 Å². The molecule has 0 atom stereocenters. The van der Waals surface area contributed by atoms with E-state index < -0.39 is 16.0 Å². The molecule has 24 heavy (non-hydrogen) atoms. The standard InChI is InChI=1S/C17H19NO5S/c1-11(2)18-24(21,22)14-9-12(8-13(10-14)17(19)20)15-6-4-5-7-16(15)23-3/h4-11,18H,1-3H3,(H,19,20). The molecule has 0 heterocycles. The Balaban J connectivity index is 2.68. The minimum absolute atomic E-state index is 0.1000. The maximum absolute atomic E-state index is 12.4. The van der Waals surface area contributed by atoms with Gasteiger partial charge in [-0.15, -0.1) is 0 Å². The first-order valence-corrected chi connectivity index (χ1v) is 8.77. The molecule has 0 unspecified atom stereocenters. The van der Waals surface area contributed by atoms with E-state index in [4.69, 9.17) is 4.74 Å². The van der Waals surface area contributed by atoms with E-state index in [9.17, 15) is 18.3 Å². The van der Waals surface area contributed by atoms with Gasteiger partial charge in [0.2, 0.25) is 10.0 Å². The largest absolute Gasteiger partial charge is 0.496 e. The number of aromatic carboxylic acids is 1. The molecule has 2 rings (SSSR count). The fraction of sp³-hybridized carbons (Fsp3) is 0.235. The van der Waals surface area contributed by atoms with Crippen LogP contribution in [0.3, 0.4) is 0 Å². The topological polar surface area (TPSA) is 92.7 Å². The Morgan fingerprint density at radius 2 is 1.83 bits per heavy atom. The molecule has 0 aliphatic carbocycles. The zero-order valence-electron chi connectivity index (χ0n) is 13.6. The number of carboxylic acids is 1. The van der Waals surface area contributed by atoms with Crippen LogP contribution in [-0.2, 0) is 10.0 Å². The van der Waals surface area contributed by atoms with Crippen molar-refractivity contribution in [1.82, 2.24) is 4.72 Å². The fourth-order valence-corrected chi connectivity index (χ4v) is 3.62. The molecule has 2 N–H and O–H groups in total. The number of benzene rings is 2. The maximum atomic E-state index is 12.4. The minimum Gasteiger partial charge on any atom is -0.496 e. The lowest BCUT2D eigenvalue weighted by molar-refractivity contribution is 0.0696. The van der Waals surface area contributed by atoms with Gasteiger partial charge in [0.1, 0.15) is 5.75 Å². The first-order chi connectivity index (χ1) is 11.2. The number of hydrogen-bond donors (Lipinski definition) is 2. The summed E-state index contributed by atoms with van der Waals surface area (Å²) in [5.41, 5.74) is 0.961. The fourth-order valence-electron chi connectivity index (χ4n) is 2.29. The van der Waals surface area contributed by atoms with Crippen molar-refractivity contribution >= 4 is 16.0 Å². The van der Waals surface area contributed by atoms with Crippen molar-refractivity contribution in [1.29, 1.82) is 0 Å². The lowest BCUT2D eigenvalue weighted by Gasteiger charge is -2.13. The number of para-hydroxylation sites is 1. The van der Waals surface area contributed by atoms with Gasteiger partial charge in [-0.1, -0.05) is 18.2 Å². The van der Waals surface area contributed by atoms with Crippen LogP contribution in [0.15, 0.2) is 47.4 Å². The molecule has 2 aromatic rings. The van der Waals surface area contributed by atoms with Crippen LogP contribution in [0.2, 0.25) is 0 Å². The summed E-state index contributed by atoms with van der Waals surface area (Å²) in [4.78, 5) is 11.3. The van der Waals surface area contributed by atoms with E-state index in [2.05, 4.69) is 4.72 Å². The van der Waals surface area contributed by atoms with Crippen LogP contribution in [-0.4, -0.2) is 32.6 Å². The van der Waals surface area contributed by atoms with Crippen molar-refractivity contribution in [3.05, 3.63) is 48.0 Å². The van der Waals surface area contributed by atoms with E-state index in [0.29, 0.717) is 16.9 Å². The number of methoxy groups -OCH3 is 1. The second kappa shape index (κ2) is 7.02. The minimum atomic E-state index is -3.82. The van der Waals surface area contributed by atoms with Crippen molar-refractivity contribution in [2.24, 2.45) is 0 Å². The molecule has 0 bridgehead atoms. The molecule has 0 radical (unpaired) electrons. The third-order valence-electron chi connectivity index (χ3n) is 3.27. The maximum Gasteiger partial charge on any atom is 0.335 e. The van der Waals surface area contributed by atoms with Gasteiger partial charge in [0.05, 0.1) is 17.6 Å². The smallest absolute Gasteiger partial charge is 0.335 e. The summed E-state index contributed by atoms with van der Waals surface area (Å²) >= 11 is 0. The van der Waals surface area contributed by atoms with Crippen molar-refractivity contribution in [2.45, 2.75) is 24.8 Å². The van der Waals surface area contributed by atoms with Crippen LogP contribution in [0.1, 0.15) is 24.2 Å². The summed E-state index contributed by atoms with van der Waals surface area (Å²) in [5, 5.41) is 9.31. The molecule has 0 saturated carbocycles. The lowest BCUT2D eigenvalue weighted by atomic mass is 10.0. The van der Waals surface area contributed by atoms with Crippen molar-refractivity contribution in [2.75, 3.05) is 7.11 Å². The molecule has 2 aromatic carbocycles. The average Bonchev–Trinajstić information content (AvgIpc) is 2.53. The molecule has 7 heteroatoms. The van der Waals surface area contributed by atoms with Crippen LogP contribution in [0, 0.1) is 0 Å². The Morgan fingerprint density at radius 1 is 1.17 bits per heavy atom. The van der Waals surface area contributed by atoms with E-state index in [1.54, 1.807) is 38.1 Å². The number of hydrogen-bond acceptors (Lipinski definition) is 4. The number of carbonyl (C=O) groups is 1. The van der Waals surface area contributed by atoms with Crippen LogP contribution in [0.4, 0.5) is 0 Å². The molecule has 0 fully saturated rings. The molecule has 6 nitrogen and oxygen atoms in total. The SMILES string of the molecule is COc1ccccc1-c1cc(C(=O)O)cc(S(=O)(=O)NC(C)C)c1. The Kier molecular flexibility index (Phi) is 5.26. The van der Waals surface area contributed by atoms with Crippen molar-refractivity contribution < 1.29 is 23.1 Å². The molecular weight excluding hydrogens is 330 g/mol. The molecule has 0 aromatic heterocycles. The second-order valence-corrected chi connectivity index (χ2v) is 7.24. The summed E-state index contributed by atoms with van der Waals surface area (Å²) in [6.45, 7) is 3.39. The van der Waals surface area contributed by atoms with Gasteiger partial charge in [-0.25, -0.2) is 17.9 Å². The van der Waals surface area contributed by atoms with E-state index in [-0.39, 0.29) is 16.5 Å². The number of ether oxygens (including phenoxy) is 1. The second-order valence-electron chi connectivity index (χ2n) is 5.53. The Labute approximate surface area is 141 Å². The number of sulfonamides is 1. The summed E-state index contributed by atoms with van der Waals surface area (Å²) in [7, 11) is -2.32. The van der Waals surface area contributed by atoms with Gasteiger partial charge in [-0.05, 0) is 43.7 Å². The van der Waals surface area contributed by atoms with E-state index in [1.165, 1.54) is 19.2 Å².